The average Bonchev–Trinajstić information content (AvgIpc) is 2.19. The molecule has 1 heteroatoms. The van der Waals surface area contributed by atoms with Crippen molar-refractivity contribution in [3.8, 4) is 0 Å². The van der Waals surface area contributed by atoms with Crippen molar-refractivity contribution < 1.29 is 0 Å². The Morgan fingerprint density at radius 3 is 2.50 bits per heavy atom. The Hall–Kier alpha value is -1.34. The Morgan fingerprint density at radius 2 is 1.93 bits per heavy atom. The van der Waals surface area contributed by atoms with Crippen molar-refractivity contribution in [3.63, 3.8) is 0 Å². The second kappa shape index (κ2) is 5.40. The molecular weight excluding hydrogens is 170 g/mol. The van der Waals surface area contributed by atoms with Crippen LogP contribution in [0.2, 0.25) is 0 Å². The minimum absolute atomic E-state index is 0.135. The summed E-state index contributed by atoms with van der Waals surface area (Å²) in [6.07, 6.45) is 6.16. The van der Waals surface area contributed by atoms with Crippen LogP contribution in [0, 0.1) is 0 Å². The molecule has 1 nitrogen and oxygen atoms in total. The first-order valence-corrected chi connectivity index (χ1v) is 4.85. The van der Waals surface area contributed by atoms with Gasteiger partial charge in [-0.3, -0.25) is 0 Å². The average molecular weight is 187 g/mol. The third kappa shape index (κ3) is 3.58. The molecule has 0 aliphatic rings. The van der Waals surface area contributed by atoms with Gasteiger partial charge in [-0.2, -0.15) is 0 Å². The van der Waals surface area contributed by atoms with Gasteiger partial charge in [-0.15, -0.1) is 0 Å². The van der Waals surface area contributed by atoms with E-state index >= 15 is 0 Å². The van der Waals surface area contributed by atoms with E-state index in [2.05, 4.69) is 24.3 Å². The molecule has 1 aromatic rings. The fourth-order valence-corrected chi connectivity index (χ4v) is 1.03. The molecule has 0 saturated carbocycles. The molecule has 0 spiro atoms. The highest BCUT2D eigenvalue weighted by atomic mass is 14.6. The van der Waals surface area contributed by atoms with Crippen LogP contribution in [0.15, 0.2) is 48.1 Å². The molecule has 0 aromatic heterocycles. The zero-order chi connectivity index (χ0) is 10.4. The lowest BCUT2D eigenvalue weighted by Crippen LogP contribution is -2.15. The molecule has 0 aliphatic heterocycles. The Kier molecular flexibility index (Phi) is 4.14. The number of hydrogen-bond donors (Lipinski definition) is 1. The van der Waals surface area contributed by atoms with Crippen molar-refractivity contribution in [2.24, 2.45) is 5.73 Å². The third-order valence-corrected chi connectivity index (χ3v) is 2.17. The molecular formula is C13H17N. The molecule has 2 N–H and O–H groups in total. The summed E-state index contributed by atoms with van der Waals surface area (Å²) in [5.41, 5.74) is 8.11. The molecule has 1 unspecified atom stereocenters. The largest absolute Gasteiger partial charge is 0.324 e. The van der Waals surface area contributed by atoms with Crippen LogP contribution in [0.1, 0.15) is 19.4 Å². The van der Waals surface area contributed by atoms with Crippen molar-refractivity contribution in [3.05, 3.63) is 53.6 Å². The predicted octanol–water partition coefficient (Wildman–Crippen LogP) is 2.99. The van der Waals surface area contributed by atoms with E-state index < -0.39 is 0 Å². The van der Waals surface area contributed by atoms with Gasteiger partial charge in [0.25, 0.3) is 0 Å². The first-order valence-electron chi connectivity index (χ1n) is 4.85. The molecule has 0 aliphatic carbocycles. The molecule has 1 aromatic carbocycles. The molecule has 1 rings (SSSR count). The molecule has 0 bridgehead atoms. The second-order valence-electron chi connectivity index (χ2n) is 3.47. The molecule has 0 heterocycles. The number of benzene rings is 1. The standard InChI is InChI=1S/C13H17N/c1-11(12(2)14)7-6-10-13-8-4-3-5-9-13/h3-10,12H,14H2,1-2H3/b10-6+,11-7+. The monoisotopic (exact) mass is 187 g/mol. The summed E-state index contributed by atoms with van der Waals surface area (Å²) in [5, 5.41) is 0. The van der Waals surface area contributed by atoms with Crippen molar-refractivity contribution in [2.45, 2.75) is 19.9 Å². The van der Waals surface area contributed by atoms with Gasteiger partial charge in [0, 0.05) is 6.04 Å². The maximum atomic E-state index is 5.71. The van der Waals surface area contributed by atoms with Crippen LogP contribution in [0.5, 0.6) is 0 Å². The van der Waals surface area contributed by atoms with Crippen LogP contribution in [0.4, 0.5) is 0 Å². The minimum Gasteiger partial charge on any atom is -0.324 e. The molecule has 1 atom stereocenters. The van der Waals surface area contributed by atoms with Crippen molar-refractivity contribution in [1.82, 2.24) is 0 Å². The molecule has 0 fully saturated rings. The summed E-state index contributed by atoms with van der Waals surface area (Å²) in [6, 6.07) is 10.4. The van der Waals surface area contributed by atoms with E-state index in [1.165, 1.54) is 11.1 Å². The van der Waals surface area contributed by atoms with Gasteiger partial charge in [-0.25, -0.2) is 0 Å². The maximum Gasteiger partial charge on any atom is 0.0225 e. The minimum atomic E-state index is 0.135. The highest BCUT2D eigenvalue weighted by Crippen LogP contribution is 2.03. The lowest BCUT2D eigenvalue weighted by molar-refractivity contribution is 0.861. The summed E-state index contributed by atoms with van der Waals surface area (Å²) in [4.78, 5) is 0. The maximum absolute atomic E-state index is 5.71. The van der Waals surface area contributed by atoms with Gasteiger partial charge in [0.15, 0.2) is 0 Å². The number of nitrogens with two attached hydrogens (primary N) is 1. The molecule has 0 amide bonds. The summed E-state index contributed by atoms with van der Waals surface area (Å²) >= 11 is 0. The van der Waals surface area contributed by atoms with Crippen LogP contribution in [0.25, 0.3) is 6.08 Å². The summed E-state index contributed by atoms with van der Waals surface area (Å²) in [5.74, 6) is 0. The van der Waals surface area contributed by atoms with Crippen molar-refractivity contribution in [2.75, 3.05) is 0 Å². The van der Waals surface area contributed by atoms with Crippen LogP contribution in [0.3, 0.4) is 0 Å². The predicted molar refractivity (Wildman–Crippen MR) is 62.9 cm³/mol. The highest BCUT2D eigenvalue weighted by Gasteiger charge is 1.92. The van der Waals surface area contributed by atoms with E-state index in [1.54, 1.807) is 0 Å². The Labute approximate surface area is 85.9 Å². The quantitative estimate of drug-likeness (QED) is 0.723. The van der Waals surface area contributed by atoms with Gasteiger partial charge in [0.2, 0.25) is 0 Å². The Bertz CT molecular complexity index is 320. The number of hydrogen-bond acceptors (Lipinski definition) is 1. The Balaban J connectivity index is 2.62. The van der Waals surface area contributed by atoms with Gasteiger partial charge < -0.3 is 5.73 Å². The van der Waals surface area contributed by atoms with E-state index in [0.717, 1.165) is 0 Å². The van der Waals surface area contributed by atoms with Gasteiger partial charge in [0.1, 0.15) is 0 Å². The Morgan fingerprint density at radius 1 is 1.29 bits per heavy atom. The summed E-state index contributed by atoms with van der Waals surface area (Å²) in [7, 11) is 0. The molecule has 0 radical (unpaired) electrons. The topological polar surface area (TPSA) is 26.0 Å². The third-order valence-electron chi connectivity index (χ3n) is 2.17. The van der Waals surface area contributed by atoms with Crippen LogP contribution < -0.4 is 5.73 Å². The van der Waals surface area contributed by atoms with E-state index in [1.807, 2.05) is 38.1 Å². The van der Waals surface area contributed by atoms with Gasteiger partial charge in [-0.1, -0.05) is 54.1 Å². The van der Waals surface area contributed by atoms with Crippen LogP contribution >= 0.6 is 0 Å². The molecule has 74 valence electrons. The van der Waals surface area contributed by atoms with Gasteiger partial charge in [0.05, 0.1) is 0 Å². The zero-order valence-electron chi connectivity index (χ0n) is 8.77. The van der Waals surface area contributed by atoms with Crippen LogP contribution in [-0.2, 0) is 0 Å². The fourth-order valence-electron chi connectivity index (χ4n) is 1.03. The van der Waals surface area contributed by atoms with E-state index in [9.17, 15) is 0 Å². The fraction of sp³-hybridized carbons (Fsp3) is 0.231. The van der Waals surface area contributed by atoms with Gasteiger partial charge in [-0.05, 0) is 19.4 Å². The van der Waals surface area contributed by atoms with E-state index in [4.69, 9.17) is 5.73 Å². The zero-order valence-corrected chi connectivity index (χ0v) is 8.77. The second-order valence-corrected chi connectivity index (χ2v) is 3.47. The van der Waals surface area contributed by atoms with Crippen molar-refractivity contribution >= 4 is 6.08 Å². The molecule has 14 heavy (non-hydrogen) atoms. The number of rotatable bonds is 3. The van der Waals surface area contributed by atoms with E-state index in [0.29, 0.717) is 0 Å². The highest BCUT2D eigenvalue weighted by molar-refractivity contribution is 5.51. The smallest absolute Gasteiger partial charge is 0.0225 e. The van der Waals surface area contributed by atoms with Gasteiger partial charge >= 0.3 is 0 Å². The SMILES string of the molecule is C/C(=C\C=C\c1ccccc1)C(C)N. The lowest BCUT2D eigenvalue weighted by Gasteiger charge is -2.02. The molecule has 0 saturated heterocycles. The first-order chi connectivity index (χ1) is 6.70. The van der Waals surface area contributed by atoms with Crippen molar-refractivity contribution in [1.29, 1.82) is 0 Å². The number of allylic oxidation sites excluding steroid dienone is 2. The summed E-state index contributed by atoms with van der Waals surface area (Å²) < 4.78 is 0. The lowest BCUT2D eigenvalue weighted by atomic mass is 10.1. The van der Waals surface area contributed by atoms with E-state index in [-0.39, 0.29) is 6.04 Å². The first kappa shape index (κ1) is 10.7. The van der Waals surface area contributed by atoms with Crippen LogP contribution in [-0.4, -0.2) is 6.04 Å². The summed E-state index contributed by atoms with van der Waals surface area (Å²) in [6.45, 7) is 4.03. The normalized spacial score (nSPS) is 14.6.